The molecule has 2 unspecified atom stereocenters. The predicted octanol–water partition coefficient (Wildman–Crippen LogP) is 3.17. The molecule has 0 aliphatic carbocycles. The minimum Gasteiger partial charge on any atom is -0.354 e. The third-order valence-corrected chi connectivity index (χ3v) is 5.26. The summed E-state index contributed by atoms with van der Waals surface area (Å²) in [4.78, 5) is 27.4. The summed E-state index contributed by atoms with van der Waals surface area (Å²) >= 11 is 0. The van der Waals surface area contributed by atoms with Crippen LogP contribution in [0.4, 0.5) is 0 Å². The van der Waals surface area contributed by atoms with Gasteiger partial charge >= 0.3 is 0 Å². The highest BCUT2D eigenvalue weighted by atomic mass is 35.5. The lowest BCUT2D eigenvalue weighted by atomic mass is 9.80. The van der Waals surface area contributed by atoms with Crippen molar-refractivity contribution >= 4 is 24.2 Å². The van der Waals surface area contributed by atoms with Crippen molar-refractivity contribution in [1.82, 2.24) is 10.2 Å². The molecule has 1 aliphatic heterocycles. The van der Waals surface area contributed by atoms with Crippen LogP contribution in [-0.2, 0) is 4.79 Å². The summed E-state index contributed by atoms with van der Waals surface area (Å²) < 4.78 is 0. The second-order valence-electron chi connectivity index (χ2n) is 7.48. The lowest BCUT2D eigenvalue weighted by molar-refractivity contribution is -0.132. The van der Waals surface area contributed by atoms with E-state index in [1.807, 2.05) is 67.6 Å². The molecule has 1 saturated heterocycles. The van der Waals surface area contributed by atoms with E-state index >= 15 is 0 Å². The molecule has 1 aliphatic rings. The van der Waals surface area contributed by atoms with Crippen molar-refractivity contribution in [2.24, 2.45) is 11.1 Å². The van der Waals surface area contributed by atoms with Gasteiger partial charge in [0.05, 0.1) is 5.41 Å². The third-order valence-electron chi connectivity index (χ3n) is 5.26. The minimum absolute atomic E-state index is 0. The molecule has 3 N–H and O–H groups in total. The van der Waals surface area contributed by atoms with Crippen molar-refractivity contribution in [3.05, 3.63) is 71.8 Å². The quantitative estimate of drug-likeness (QED) is 0.807. The second-order valence-corrected chi connectivity index (χ2v) is 7.48. The van der Waals surface area contributed by atoms with Gasteiger partial charge in [0.15, 0.2) is 0 Å². The van der Waals surface area contributed by atoms with Crippen LogP contribution < -0.4 is 11.1 Å². The zero-order valence-electron chi connectivity index (χ0n) is 16.1. The summed E-state index contributed by atoms with van der Waals surface area (Å²) in [6.07, 6.45) is 1.57. The largest absolute Gasteiger partial charge is 0.354 e. The molecule has 3 rings (SSSR count). The smallest absolute Gasteiger partial charge is 0.253 e. The van der Waals surface area contributed by atoms with Crippen LogP contribution in [-0.4, -0.2) is 36.3 Å². The fourth-order valence-electron chi connectivity index (χ4n) is 3.60. The zero-order chi connectivity index (χ0) is 19.3. The Balaban J connectivity index is 0.00000280. The number of carbonyl (C=O) groups excluding carboxylic acids is 2. The Labute approximate surface area is 172 Å². The van der Waals surface area contributed by atoms with Gasteiger partial charge < -0.3 is 16.0 Å². The SMILES string of the molecule is CC1(C(=O)NCC(N)c2ccccc2)CCCN(C(=O)c2ccccc2)C1.Cl. The van der Waals surface area contributed by atoms with Crippen LogP contribution in [0.3, 0.4) is 0 Å². The highest BCUT2D eigenvalue weighted by Crippen LogP contribution is 2.30. The van der Waals surface area contributed by atoms with E-state index < -0.39 is 5.41 Å². The molecule has 2 aromatic carbocycles. The number of nitrogens with zero attached hydrogens (tertiary/aromatic N) is 1. The van der Waals surface area contributed by atoms with Crippen LogP contribution >= 0.6 is 12.4 Å². The number of nitrogens with one attached hydrogen (secondary N) is 1. The first-order valence-corrected chi connectivity index (χ1v) is 9.43. The molecule has 150 valence electrons. The van der Waals surface area contributed by atoms with Gasteiger partial charge in [-0.3, -0.25) is 9.59 Å². The zero-order valence-corrected chi connectivity index (χ0v) is 17.0. The van der Waals surface area contributed by atoms with E-state index in [0.29, 0.717) is 25.2 Å². The fraction of sp³-hybridized carbons (Fsp3) is 0.364. The summed E-state index contributed by atoms with van der Waals surface area (Å²) in [7, 11) is 0. The highest BCUT2D eigenvalue weighted by molar-refractivity contribution is 5.95. The third kappa shape index (κ3) is 5.12. The van der Waals surface area contributed by atoms with Gasteiger partial charge in [-0.05, 0) is 37.5 Å². The number of hydrogen-bond donors (Lipinski definition) is 2. The van der Waals surface area contributed by atoms with E-state index in [9.17, 15) is 9.59 Å². The van der Waals surface area contributed by atoms with Crippen LogP contribution in [0, 0.1) is 5.41 Å². The van der Waals surface area contributed by atoms with Gasteiger partial charge in [-0.2, -0.15) is 0 Å². The maximum atomic E-state index is 12.9. The van der Waals surface area contributed by atoms with Crippen molar-refractivity contribution < 1.29 is 9.59 Å². The Bertz CT molecular complexity index is 785. The molecule has 6 heteroatoms. The maximum Gasteiger partial charge on any atom is 0.253 e. The first-order valence-electron chi connectivity index (χ1n) is 9.43. The van der Waals surface area contributed by atoms with Crippen molar-refractivity contribution in [2.45, 2.75) is 25.8 Å². The molecular formula is C22H28ClN3O2. The number of likely N-dealkylation sites (tertiary alicyclic amines) is 1. The average molecular weight is 402 g/mol. The summed E-state index contributed by atoms with van der Waals surface area (Å²) in [6.45, 7) is 3.42. The number of carbonyl (C=O) groups is 2. The standard InChI is InChI=1S/C22H27N3O2.ClH/c1-22(21(27)24-15-19(23)17-9-4-2-5-10-17)13-8-14-25(16-22)20(26)18-11-6-3-7-12-18;/h2-7,9-12,19H,8,13-16,23H2,1H3,(H,24,27);1H. The number of benzene rings is 2. The minimum atomic E-state index is -0.598. The number of nitrogens with two attached hydrogens (primary N) is 1. The van der Waals surface area contributed by atoms with Gasteiger partial charge in [0.1, 0.15) is 0 Å². The molecule has 5 nitrogen and oxygen atoms in total. The molecule has 1 heterocycles. The van der Waals surface area contributed by atoms with Crippen molar-refractivity contribution in [2.75, 3.05) is 19.6 Å². The predicted molar refractivity (Wildman–Crippen MR) is 113 cm³/mol. The molecule has 1 fully saturated rings. The summed E-state index contributed by atoms with van der Waals surface area (Å²) in [5.74, 6) is -0.0604. The summed E-state index contributed by atoms with van der Waals surface area (Å²) in [5.41, 5.74) is 7.24. The molecule has 2 amide bonds. The van der Waals surface area contributed by atoms with Crippen molar-refractivity contribution in [3.63, 3.8) is 0 Å². The van der Waals surface area contributed by atoms with Crippen molar-refractivity contribution in [1.29, 1.82) is 0 Å². The molecule has 0 aromatic heterocycles. The molecule has 2 atom stereocenters. The maximum absolute atomic E-state index is 12.9. The Morgan fingerprint density at radius 2 is 1.71 bits per heavy atom. The fourth-order valence-corrected chi connectivity index (χ4v) is 3.60. The molecule has 0 spiro atoms. The topological polar surface area (TPSA) is 75.4 Å². The Hall–Kier alpha value is -2.37. The molecule has 0 saturated carbocycles. The number of halogens is 1. The lowest BCUT2D eigenvalue weighted by Crippen LogP contribution is -2.52. The van der Waals surface area contributed by atoms with E-state index in [0.717, 1.165) is 18.4 Å². The van der Waals surface area contributed by atoms with Gasteiger partial charge in [0.2, 0.25) is 5.91 Å². The van der Waals surface area contributed by atoms with E-state index in [2.05, 4.69) is 5.32 Å². The van der Waals surface area contributed by atoms with Crippen LogP contribution in [0.15, 0.2) is 60.7 Å². The monoisotopic (exact) mass is 401 g/mol. The Kier molecular flexibility index (Phi) is 7.61. The van der Waals surface area contributed by atoms with Gasteiger partial charge in [-0.15, -0.1) is 12.4 Å². The molecule has 0 bridgehead atoms. The summed E-state index contributed by atoms with van der Waals surface area (Å²) in [5, 5.41) is 2.99. The molecule has 2 aromatic rings. The van der Waals surface area contributed by atoms with E-state index in [1.165, 1.54) is 0 Å². The van der Waals surface area contributed by atoms with E-state index in [1.54, 1.807) is 4.90 Å². The van der Waals surface area contributed by atoms with Gasteiger partial charge in [-0.1, -0.05) is 48.5 Å². The Morgan fingerprint density at radius 1 is 1.11 bits per heavy atom. The number of piperidine rings is 1. The second kappa shape index (κ2) is 9.71. The highest BCUT2D eigenvalue weighted by Gasteiger charge is 2.39. The number of amides is 2. The normalized spacial score (nSPS) is 20.0. The first-order chi connectivity index (χ1) is 13.0. The lowest BCUT2D eigenvalue weighted by Gasteiger charge is -2.39. The number of rotatable bonds is 5. The molecular weight excluding hydrogens is 374 g/mol. The van der Waals surface area contributed by atoms with Gasteiger partial charge in [0, 0.05) is 31.2 Å². The summed E-state index contributed by atoms with van der Waals surface area (Å²) in [6, 6.07) is 18.7. The molecule has 0 radical (unpaired) electrons. The number of hydrogen-bond acceptors (Lipinski definition) is 3. The van der Waals surface area contributed by atoms with Crippen LogP contribution in [0.5, 0.6) is 0 Å². The van der Waals surface area contributed by atoms with Gasteiger partial charge in [-0.25, -0.2) is 0 Å². The first kappa shape index (κ1) is 21.9. The van der Waals surface area contributed by atoms with Crippen LogP contribution in [0.1, 0.15) is 41.7 Å². The van der Waals surface area contributed by atoms with E-state index in [4.69, 9.17) is 5.73 Å². The average Bonchev–Trinajstić information content (AvgIpc) is 2.72. The Morgan fingerprint density at radius 3 is 2.36 bits per heavy atom. The van der Waals surface area contributed by atoms with Crippen molar-refractivity contribution in [3.8, 4) is 0 Å². The van der Waals surface area contributed by atoms with Crippen LogP contribution in [0.2, 0.25) is 0 Å². The van der Waals surface area contributed by atoms with Crippen LogP contribution in [0.25, 0.3) is 0 Å². The molecule has 28 heavy (non-hydrogen) atoms. The van der Waals surface area contributed by atoms with E-state index in [-0.39, 0.29) is 30.3 Å². The van der Waals surface area contributed by atoms with Gasteiger partial charge in [0.25, 0.3) is 5.91 Å².